The fraction of sp³-hybridized carbons (Fsp3) is 0.517. The van der Waals surface area contributed by atoms with E-state index in [1.54, 1.807) is 31.1 Å². The molecule has 0 aliphatic carbocycles. The molecule has 2 N–H and O–H groups in total. The number of Topliss-reactive ketones (excluding diaryl/α,β-unsaturated/α-hetero) is 1. The molecule has 9 heteroatoms. The monoisotopic (exact) mass is 529 g/mol. The molecule has 1 aliphatic rings. The molecule has 0 fully saturated rings. The van der Waals surface area contributed by atoms with Crippen LogP contribution in [0, 0.1) is 11.2 Å². The van der Waals surface area contributed by atoms with Crippen molar-refractivity contribution < 1.29 is 28.5 Å². The van der Waals surface area contributed by atoms with E-state index < -0.39 is 5.82 Å². The van der Waals surface area contributed by atoms with Crippen molar-refractivity contribution in [2.24, 2.45) is 0 Å². The molecule has 1 aliphatic heterocycles. The van der Waals surface area contributed by atoms with Gasteiger partial charge in [-0.05, 0) is 49.9 Å². The number of fused-ring (bicyclic) bond motifs is 1. The zero-order valence-electron chi connectivity index (χ0n) is 23.5. The van der Waals surface area contributed by atoms with Gasteiger partial charge in [-0.25, -0.2) is 4.39 Å². The van der Waals surface area contributed by atoms with Crippen LogP contribution in [0.5, 0.6) is 17.2 Å². The number of halogens is 1. The van der Waals surface area contributed by atoms with Crippen molar-refractivity contribution in [1.82, 2.24) is 4.90 Å². The van der Waals surface area contributed by atoms with E-state index in [1.807, 2.05) is 45.6 Å². The Kier molecular flexibility index (Phi) is 9.25. The van der Waals surface area contributed by atoms with Crippen LogP contribution in [-0.4, -0.2) is 68.2 Å². The van der Waals surface area contributed by atoms with Gasteiger partial charge >= 0.3 is 0 Å². The molecule has 0 saturated heterocycles. The van der Waals surface area contributed by atoms with Crippen LogP contribution in [0.4, 0.5) is 10.1 Å². The van der Waals surface area contributed by atoms with Crippen LogP contribution in [0.25, 0.3) is 0 Å². The number of amidine groups is 1. The van der Waals surface area contributed by atoms with Crippen LogP contribution in [0.3, 0.4) is 0 Å². The molecule has 0 amide bonds. The summed E-state index contributed by atoms with van der Waals surface area (Å²) in [5, 5.41) is 18.3. The van der Waals surface area contributed by atoms with Crippen molar-refractivity contribution in [3.05, 3.63) is 46.3 Å². The lowest BCUT2D eigenvalue weighted by Gasteiger charge is -2.30. The first-order chi connectivity index (χ1) is 18.0. The third-order valence-corrected chi connectivity index (χ3v) is 6.60. The number of rotatable bonds is 12. The lowest BCUT2D eigenvalue weighted by molar-refractivity contribution is 0.0962. The summed E-state index contributed by atoms with van der Waals surface area (Å²) >= 11 is 0. The number of likely N-dealkylation sites (N-methyl/N-ethyl adjacent to an activating group) is 1. The number of hydrogen-bond acceptors (Lipinski definition) is 7. The van der Waals surface area contributed by atoms with Crippen LogP contribution < -0.4 is 19.1 Å². The lowest BCUT2D eigenvalue weighted by Crippen LogP contribution is -2.31. The molecule has 2 aromatic rings. The summed E-state index contributed by atoms with van der Waals surface area (Å²) in [6, 6.07) is 5.32. The number of hydrogen-bond donors (Lipinski definition) is 2. The number of methoxy groups -OCH3 is 1. The van der Waals surface area contributed by atoms with Crippen LogP contribution in [0.2, 0.25) is 0 Å². The van der Waals surface area contributed by atoms with E-state index in [2.05, 4.69) is 0 Å². The minimum Gasteiger partial charge on any atom is -0.494 e. The molecule has 1 heterocycles. The first-order valence-corrected chi connectivity index (χ1v) is 13.1. The van der Waals surface area contributed by atoms with Gasteiger partial charge in [0.2, 0.25) is 0 Å². The minimum absolute atomic E-state index is 0.0100. The highest BCUT2D eigenvalue weighted by molar-refractivity contribution is 6.06. The molecular weight excluding hydrogens is 489 g/mol. The number of anilines is 1. The number of aliphatic hydroxyl groups excluding tert-OH is 1. The second-order valence-corrected chi connectivity index (χ2v) is 10.2. The maximum Gasteiger partial charge on any atom is 0.197 e. The van der Waals surface area contributed by atoms with Gasteiger partial charge in [-0.15, -0.1) is 0 Å². The number of carbonyl (C=O) groups excluding carboxylic acids is 1. The topological polar surface area (TPSA) is 95.3 Å². The van der Waals surface area contributed by atoms with Crippen molar-refractivity contribution >= 4 is 17.3 Å². The van der Waals surface area contributed by atoms with Crippen LogP contribution >= 0.6 is 0 Å². The molecule has 0 spiro atoms. The van der Waals surface area contributed by atoms with Crippen LogP contribution in [-0.2, 0) is 12.0 Å². The standard InChI is InChI=1S/C29H40FN3O5/c1-8-32(11-12-34)21-14-18(13-20(26(21)36-7)29(4,5)6)22(35)17-33-16-19-15-23(37-9-2)27(38-10-3)25(30)24(19)28(33)31/h13-15,31,34H,8-12,16-17H2,1-7H3. The number of ether oxygens (including phenoxy) is 3. The van der Waals surface area contributed by atoms with Crippen LogP contribution in [0.1, 0.15) is 68.6 Å². The second kappa shape index (κ2) is 12.0. The Morgan fingerprint density at radius 1 is 1.13 bits per heavy atom. The Morgan fingerprint density at radius 2 is 1.82 bits per heavy atom. The zero-order valence-corrected chi connectivity index (χ0v) is 23.5. The van der Waals surface area contributed by atoms with Crippen molar-refractivity contribution in [2.45, 2.75) is 53.5 Å². The third kappa shape index (κ3) is 5.72. The molecule has 8 nitrogen and oxygen atoms in total. The first kappa shape index (κ1) is 29.2. The fourth-order valence-corrected chi connectivity index (χ4v) is 4.77. The fourth-order valence-electron chi connectivity index (χ4n) is 4.77. The molecule has 0 aromatic heterocycles. The van der Waals surface area contributed by atoms with Gasteiger partial charge in [0.25, 0.3) is 0 Å². The second-order valence-electron chi connectivity index (χ2n) is 10.2. The summed E-state index contributed by atoms with van der Waals surface area (Å²) in [5.74, 6) is 0.0493. The van der Waals surface area contributed by atoms with Gasteiger partial charge in [-0.1, -0.05) is 20.8 Å². The normalized spacial score (nSPS) is 13.0. The number of aliphatic hydroxyl groups is 1. The summed E-state index contributed by atoms with van der Waals surface area (Å²) in [4.78, 5) is 17.2. The van der Waals surface area contributed by atoms with E-state index in [9.17, 15) is 9.90 Å². The average molecular weight is 530 g/mol. The van der Waals surface area contributed by atoms with E-state index in [-0.39, 0.29) is 54.7 Å². The van der Waals surface area contributed by atoms with Gasteiger partial charge in [-0.2, -0.15) is 0 Å². The van der Waals surface area contributed by atoms with Gasteiger partial charge in [0.05, 0.1) is 44.7 Å². The molecular formula is C29H40FN3O5. The number of nitrogens with zero attached hydrogens (tertiary/aromatic N) is 2. The summed E-state index contributed by atoms with van der Waals surface area (Å²) in [6.07, 6.45) is 0. The maximum absolute atomic E-state index is 15.5. The number of nitrogens with one attached hydrogen (secondary N) is 1. The molecule has 3 rings (SSSR count). The molecule has 2 aromatic carbocycles. The Hall–Kier alpha value is -3.33. The average Bonchev–Trinajstić information content (AvgIpc) is 3.18. The van der Waals surface area contributed by atoms with E-state index in [0.29, 0.717) is 42.3 Å². The largest absolute Gasteiger partial charge is 0.494 e. The Bertz CT molecular complexity index is 1190. The van der Waals surface area contributed by atoms with E-state index in [4.69, 9.17) is 19.6 Å². The van der Waals surface area contributed by atoms with Crippen LogP contribution in [0.15, 0.2) is 18.2 Å². The molecule has 0 saturated carbocycles. The van der Waals surface area contributed by atoms with Crippen molar-refractivity contribution in [1.29, 1.82) is 5.41 Å². The number of benzene rings is 2. The highest BCUT2D eigenvalue weighted by atomic mass is 19.1. The predicted molar refractivity (Wildman–Crippen MR) is 147 cm³/mol. The smallest absolute Gasteiger partial charge is 0.197 e. The summed E-state index contributed by atoms with van der Waals surface area (Å²) in [7, 11) is 1.60. The van der Waals surface area contributed by atoms with E-state index >= 15 is 4.39 Å². The Labute approximate surface area is 224 Å². The Morgan fingerprint density at radius 3 is 2.37 bits per heavy atom. The van der Waals surface area contributed by atoms with Gasteiger partial charge < -0.3 is 29.1 Å². The molecule has 0 atom stereocenters. The minimum atomic E-state index is -0.642. The van der Waals surface area contributed by atoms with Crippen molar-refractivity contribution in [3.63, 3.8) is 0 Å². The quantitative estimate of drug-likeness (QED) is 0.383. The highest BCUT2D eigenvalue weighted by Crippen LogP contribution is 2.41. The van der Waals surface area contributed by atoms with Gasteiger partial charge in [0.15, 0.2) is 23.1 Å². The van der Waals surface area contributed by atoms with Gasteiger partial charge in [-0.3, -0.25) is 10.2 Å². The predicted octanol–water partition coefficient (Wildman–Crippen LogP) is 4.77. The maximum atomic E-state index is 15.5. The van der Waals surface area contributed by atoms with Crippen molar-refractivity contribution in [2.75, 3.05) is 51.5 Å². The molecule has 38 heavy (non-hydrogen) atoms. The van der Waals surface area contributed by atoms with Gasteiger partial charge in [0.1, 0.15) is 11.6 Å². The molecule has 208 valence electrons. The van der Waals surface area contributed by atoms with Crippen molar-refractivity contribution in [3.8, 4) is 17.2 Å². The lowest BCUT2D eigenvalue weighted by atomic mass is 9.84. The third-order valence-electron chi connectivity index (χ3n) is 6.60. The first-order valence-electron chi connectivity index (χ1n) is 13.1. The molecule has 0 radical (unpaired) electrons. The Balaban J connectivity index is 2.00. The highest BCUT2D eigenvalue weighted by Gasteiger charge is 2.34. The summed E-state index contributed by atoms with van der Waals surface area (Å²) in [5.41, 5.74) is 2.46. The SMILES string of the molecule is CCOc1cc2c(c(F)c1OCC)C(=N)N(CC(=O)c1cc(N(CC)CCO)c(OC)c(C(C)(C)C)c1)C2. The zero-order chi connectivity index (χ0) is 28.2. The van der Waals surface area contributed by atoms with Gasteiger partial charge in [0, 0.05) is 30.8 Å². The summed E-state index contributed by atoms with van der Waals surface area (Å²) in [6.45, 7) is 13.4. The molecule has 0 bridgehead atoms. The van der Waals surface area contributed by atoms with E-state index in [0.717, 1.165) is 11.3 Å². The number of carbonyl (C=O) groups is 1. The molecule has 0 unspecified atom stereocenters. The summed E-state index contributed by atoms with van der Waals surface area (Å²) < 4.78 is 32.3. The number of ketones is 1. The van der Waals surface area contributed by atoms with E-state index in [1.165, 1.54) is 0 Å².